The second kappa shape index (κ2) is 13.4. The zero-order valence-electron chi connectivity index (χ0n) is 28.1. The molecule has 12 heteroatoms. The van der Waals surface area contributed by atoms with Gasteiger partial charge in [-0.15, -0.1) is 0 Å². The highest BCUT2D eigenvalue weighted by molar-refractivity contribution is 6.35. The number of aromatic amines is 1. The molecule has 5 rings (SSSR count). The maximum absolute atomic E-state index is 13.6. The van der Waals surface area contributed by atoms with Gasteiger partial charge in [0.25, 0.3) is 17.7 Å². The number of nitrogens with one attached hydrogen (secondary N) is 4. The van der Waals surface area contributed by atoms with Crippen molar-refractivity contribution in [3.05, 3.63) is 87.7 Å². The van der Waals surface area contributed by atoms with Gasteiger partial charge in [0, 0.05) is 47.2 Å². The number of fused-ring (bicyclic) bond motifs is 1. The molecule has 0 unspecified atom stereocenters. The third kappa shape index (κ3) is 7.12. The van der Waals surface area contributed by atoms with E-state index in [0.717, 1.165) is 5.56 Å². The minimum atomic E-state index is -0.904. The lowest BCUT2D eigenvalue weighted by atomic mass is 10.0. The standard InChI is InChI=1S/C36H41N5O7/c1-19-28(17-26-25-15-23(13-14-27(25)40-32(26)43)31(42)38-20(2)22-11-9-8-10-12-22)37-21(3)30(19)33(44)39-24-16-29(34(45)47-7)41(18-24)35(46)48-36(4,5)6/h8-15,17,20,24,29,37H,16,18H2,1-7H3,(H,38,42)(H,39,44)(H,40,43)/b26-17-/t20-,24-,29+/m1/s1. The van der Waals surface area contributed by atoms with E-state index < -0.39 is 35.7 Å². The molecule has 12 nitrogen and oxygen atoms in total. The van der Waals surface area contributed by atoms with Crippen molar-refractivity contribution in [3.63, 3.8) is 0 Å². The Kier molecular flexibility index (Phi) is 9.47. The molecular formula is C36H41N5O7. The van der Waals surface area contributed by atoms with E-state index in [-0.39, 0.29) is 30.8 Å². The Morgan fingerprint density at radius 1 is 1.04 bits per heavy atom. The van der Waals surface area contributed by atoms with Crippen LogP contribution < -0.4 is 16.0 Å². The number of likely N-dealkylation sites (tertiary alicyclic amines) is 1. The summed E-state index contributed by atoms with van der Waals surface area (Å²) in [6.45, 7) is 10.7. The number of aromatic nitrogens is 1. The van der Waals surface area contributed by atoms with Crippen LogP contribution in [-0.2, 0) is 19.1 Å². The first-order chi connectivity index (χ1) is 22.7. The summed E-state index contributed by atoms with van der Waals surface area (Å²) in [5.74, 6) is -1.60. The highest BCUT2D eigenvalue weighted by Crippen LogP contribution is 2.35. The predicted molar refractivity (Wildman–Crippen MR) is 180 cm³/mol. The van der Waals surface area contributed by atoms with Crippen LogP contribution in [0.4, 0.5) is 10.5 Å². The maximum Gasteiger partial charge on any atom is 0.411 e. The Bertz CT molecular complexity index is 1800. The average molecular weight is 656 g/mol. The highest BCUT2D eigenvalue weighted by Gasteiger charge is 2.43. The summed E-state index contributed by atoms with van der Waals surface area (Å²) >= 11 is 0. The molecule has 252 valence electrons. The van der Waals surface area contributed by atoms with E-state index in [9.17, 15) is 24.0 Å². The van der Waals surface area contributed by atoms with Crippen molar-refractivity contribution in [1.82, 2.24) is 20.5 Å². The Morgan fingerprint density at radius 3 is 2.42 bits per heavy atom. The molecule has 0 bridgehead atoms. The molecule has 1 saturated heterocycles. The molecule has 0 spiro atoms. The number of benzene rings is 2. The van der Waals surface area contributed by atoms with Gasteiger partial charge in [-0.05, 0) is 76.9 Å². The Balaban J connectivity index is 1.35. The number of anilines is 1. The minimum absolute atomic E-state index is 0.0663. The van der Waals surface area contributed by atoms with E-state index in [1.165, 1.54) is 12.0 Å². The third-order valence-electron chi connectivity index (χ3n) is 8.44. The van der Waals surface area contributed by atoms with Crippen LogP contribution in [-0.4, -0.2) is 71.0 Å². The number of amides is 4. The number of nitrogens with zero attached hydrogens (tertiary/aromatic N) is 1. The maximum atomic E-state index is 13.6. The molecule has 4 N–H and O–H groups in total. The van der Waals surface area contributed by atoms with Gasteiger partial charge in [0.05, 0.1) is 24.3 Å². The Hall–Kier alpha value is -5.39. The van der Waals surface area contributed by atoms with Gasteiger partial charge in [0.15, 0.2) is 0 Å². The van der Waals surface area contributed by atoms with E-state index in [4.69, 9.17) is 9.47 Å². The lowest BCUT2D eigenvalue weighted by molar-refractivity contribution is -0.145. The molecular weight excluding hydrogens is 614 g/mol. The van der Waals surface area contributed by atoms with Gasteiger partial charge < -0.3 is 30.4 Å². The summed E-state index contributed by atoms with van der Waals surface area (Å²) in [4.78, 5) is 69.7. The van der Waals surface area contributed by atoms with Gasteiger partial charge in [-0.25, -0.2) is 9.59 Å². The van der Waals surface area contributed by atoms with Crippen molar-refractivity contribution in [2.24, 2.45) is 0 Å². The number of aryl methyl sites for hydroxylation is 1. The van der Waals surface area contributed by atoms with Crippen LogP contribution in [0.15, 0.2) is 48.5 Å². The van der Waals surface area contributed by atoms with Crippen molar-refractivity contribution >= 4 is 47.1 Å². The lowest BCUT2D eigenvalue weighted by Crippen LogP contribution is -2.44. The van der Waals surface area contributed by atoms with Gasteiger partial charge in [-0.1, -0.05) is 30.3 Å². The smallest absolute Gasteiger partial charge is 0.411 e. The second-order valence-corrected chi connectivity index (χ2v) is 13.1. The molecule has 0 radical (unpaired) electrons. The fraction of sp³-hybridized carbons (Fsp3) is 0.361. The van der Waals surface area contributed by atoms with Crippen LogP contribution in [0.1, 0.15) is 89.0 Å². The third-order valence-corrected chi connectivity index (χ3v) is 8.44. The molecule has 3 aromatic rings. The van der Waals surface area contributed by atoms with Gasteiger partial charge in [0.1, 0.15) is 11.6 Å². The van der Waals surface area contributed by atoms with Crippen molar-refractivity contribution in [2.45, 2.75) is 71.7 Å². The quantitative estimate of drug-likeness (QED) is 0.208. The number of carbonyl (C=O) groups is 5. The zero-order chi connectivity index (χ0) is 34.9. The lowest BCUT2D eigenvalue weighted by Gasteiger charge is -2.27. The topological polar surface area (TPSA) is 159 Å². The number of rotatable bonds is 7. The van der Waals surface area contributed by atoms with Gasteiger partial charge in [0.2, 0.25) is 0 Å². The van der Waals surface area contributed by atoms with Crippen LogP contribution >= 0.6 is 0 Å². The first kappa shape index (κ1) is 34.0. The number of H-pyrrole nitrogens is 1. The SMILES string of the molecule is COC(=O)[C@@H]1C[C@@H](NC(=O)c2c(C)[nH]c(/C=C3\C(=O)Nc4ccc(C(=O)N[C@H](C)c5ccccc5)cc43)c2C)CN1C(=O)OC(C)(C)C. The number of carbonyl (C=O) groups excluding carboxylic acids is 5. The minimum Gasteiger partial charge on any atom is -0.467 e. The van der Waals surface area contributed by atoms with Gasteiger partial charge in [-0.3, -0.25) is 19.3 Å². The second-order valence-electron chi connectivity index (χ2n) is 13.1. The summed E-state index contributed by atoms with van der Waals surface area (Å²) in [6.07, 6.45) is 1.16. The van der Waals surface area contributed by atoms with Crippen LogP contribution in [0.5, 0.6) is 0 Å². The number of methoxy groups -OCH3 is 1. The Labute approximate surface area is 279 Å². The first-order valence-corrected chi connectivity index (χ1v) is 15.8. The van der Waals surface area contributed by atoms with Gasteiger partial charge in [-0.2, -0.15) is 0 Å². The molecule has 2 aromatic carbocycles. The van der Waals surface area contributed by atoms with E-state index >= 15 is 0 Å². The monoisotopic (exact) mass is 655 g/mol. The molecule has 1 fully saturated rings. The molecule has 1 aromatic heterocycles. The van der Waals surface area contributed by atoms with E-state index in [1.54, 1.807) is 58.9 Å². The molecule has 48 heavy (non-hydrogen) atoms. The molecule has 2 aliphatic heterocycles. The van der Waals surface area contributed by atoms with Gasteiger partial charge >= 0.3 is 12.1 Å². The summed E-state index contributed by atoms with van der Waals surface area (Å²) < 4.78 is 10.4. The first-order valence-electron chi connectivity index (χ1n) is 15.8. The molecule has 3 atom stereocenters. The van der Waals surface area contributed by atoms with Crippen LogP contribution in [0, 0.1) is 13.8 Å². The number of ether oxygens (including phenoxy) is 2. The van der Waals surface area contributed by atoms with Crippen molar-refractivity contribution in [3.8, 4) is 0 Å². The molecule has 4 amide bonds. The van der Waals surface area contributed by atoms with E-state index in [1.807, 2.05) is 37.3 Å². The number of hydrogen-bond acceptors (Lipinski definition) is 7. The largest absolute Gasteiger partial charge is 0.467 e. The van der Waals surface area contributed by atoms with Crippen LogP contribution in [0.25, 0.3) is 11.6 Å². The zero-order valence-corrected chi connectivity index (χ0v) is 28.1. The average Bonchev–Trinajstić information content (AvgIpc) is 3.68. The summed E-state index contributed by atoms with van der Waals surface area (Å²) in [5, 5.41) is 8.80. The number of esters is 1. The fourth-order valence-electron chi connectivity index (χ4n) is 6.06. The van der Waals surface area contributed by atoms with Crippen LogP contribution in [0.3, 0.4) is 0 Å². The van der Waals surface area contributed by atoms with Crippen molar-refractivity contribution in [2.75, 3.05) is 19.0 Å². The van der Waals surface area contributed by atoms with E-state index in [2.05, 4.69) is 20.9 Å². The van der Waals surface area contributed by atoms with Crippen LogP contribution in [0.2, 0.25) is 0 Å². The normalized spacial score (nSPS) is 18.6. The summed E-state index contributed by atoms with van der Waals surface area (Å²) in [5.41, 5.74) is 4.21. The van der Waals surface area contributed by atoms with E-state index in [0.29, 0.717) is 44.9 Å². The molecule has 0 aliphatic carbocycles. The predicted octanol–water partition coefficient (Wildman–Crippen LogP) is 4.90. The highest BCUT2D eigenvalue weighted by atomic mass is 16.6. The Morgan fingerprint density at radius 2 is 1.75 bits per heavy atom. The fourth-order valence-corrected chi connectivity index (χ4v) is 6.06. The number of hydrogen-bond donors (Lipinski definition) is 4. The summed E-state index contributed by atoms with van der Waals surface area (Å²) in [6, 6.07) is 13.0. The molecule has 3 heterocycles. The van der Waals surface area contributed by atoms with Crippen molar-refractivity contribution < 1.29 is 33.4 Å². The van der Waals surface area contributed by atoms with Crippen molar-refractivity contribution in [1.29, 1.82) is 0 Å². The summed E-state index contributed by atoms with van der Waals surface area (Å²) in [7, 11) is 1.25. The molecule has 2 aliphatic rings. The molecule has 0 saturated carbocycles.